The number of aromatic nitrogens is 2. The Labute approximate surface area is 108 Å². The number of rotatable bonds is 7. The van der Waals surface area contributed by atoms with Crippen molar-refractivity contribution in [3.05, 3.63) is 5.69 Å². The van der Waals surface area contributed by atoms with Gasteiger partial charge >= 0.3 is 0 Å². The summed E-state index contributed by atoms with van der Waals surface area (Å²) in [5.41, 5.74) is 7.63. The van der Waals surface area contributed by atoms with Gasteiger partial charge in [0.05, 0.1) is 11.4 Å². The molecule has 1 aromatic heterocycles. The van der Waals surface area contributed by atoms with Crippen LogP contribution < -0.4 is 16.4 Å². The first-order chi connectivity index (χ1) is 8.60. The highest BCUT2D eigenvalue weighted by Crippen LogP contribution is 2.22. The van der Waals surface area contributed by atoms with E-state index in [0.29, 0.717) is 25.2 Å². The van der Waals surface area contributed by atoms with Gasteiger partial charge < -0.3 is 16.4 Å². The van der Waals surface area contributed by atoms with E-state index in [1.807, 2.05) is 14.0 Å². The van der Waals surface area contributed by atoms with Gasteiger partial charge in [-0.1, -0.05) is 13.3 Å². The van der Waals surface area contributed by atoms with Crippen molar-refractivity contribution < 1.29 is 4.79 Å². The van der Waals surface area contributed by atoms with Crippen LogP contribution in [0.3, 0.4) is 0 Å². The number of amides is 1. The Hall–Kier alpha value is -1.72. The maximum absolute atomic E-state index is 11.3. The second-order valence-corrected chi connectivity index (χ2v) is 4.21. The quantitative estimate of drug-likeness (QED) is 0.674. The molecule has 0 atom stereocenters. The van der Waals surface area contributed by atoms with Crippen LogP contribution in [-0.4, -0.2) is 28.8 Å². The average molecular weight is 253 g/mol. The number of aryl methyl sites for hydroxylation is 2. The fourth-order valence-electron chi connectivity index (χ4n) is 1.81. The van der Waals surface area contributed by atoms with E-state index in [2.05, 4.69) is 22.7 Å². The lowest BCUT2D eigenvalue weighted by molar-refractivity contribution is -0.120. The molecule has 0 saturated heterocycles. The van der Waals surface area contributed by atoms with Crippen molar-refractivity contribution in [3.8, 4) is 0 Å². The smallest absolute Gasteiger partial charge is 0.221 e. The molecule has 0 saturated carbocycles. The Morgan fingerprint density at radius 1 is 1.44 bits per heavy atom. The molecule has 0 aliphatic carbocycles. The van der Waals surface area contributed by atoms with E-state index in [4.69, 9.17) is 5.73 Å². The summed E-state index contributed by atoms with van der Waals surface area (Å²) in [7, 11) is 1.85. The highest BCUT2D eigenvalue weighted by atomic mass is 16.1. The zero-order valence-corrected chi connectivity index (χ0v) is 11.4. The molecule has 1 heterocycles. The summed E-state index contributed by atoms with van der Waals surface area (Å²) in [4.78, 5) is 11.3. The fourth-order valence-corrected chi connectivity index (χ4v) is 1.81. The van der Waals surface area contributed by atoms with Gasteiger partial charge in [-0.05, 0) is 13.3 Å². The minimum atomic E-state index is 0.0412. The van der Waals surface area contributed by atoms with Crippen LogP contribution in [0, 0.1) is 0 Å². The van der Waals surface area contributed by atoms with Gasteiger partial charge in [0.25, 0.3) is 0 Å². The summed E-state index contributed by atoms with van der Waals surface area (Å²) in [5, 5.41) is 10.3. The van der Waals surface area contributed by atoms with E-state index in [1.54, 1.807) is 4.68 Å². The zero-order valence-electron chi connectivity index (χ0n) is 11.4. The van der Waals surface area contributed by atoms with Gasteiger partial charge in [-0.3, -0.25) is 9.48 Å². The van der Waals surface area contributed by atoms with Crippen molar-refractivity contribution in [2.24, 2.45) is 7.05 Å². The van der Waals surface area contributed by atoms with Crippen LogP contribution in [-0.2, 0) is 18.3 Å². The summed E-state index contributed by atoms with van der Waals surface area (Å²) in [5.74, 6) is 0.835. The van der Waals surface area contributed by atoms with Crippen LogP contribution in [0.4, 0.5) is 11.5 Å². The molecule has 1 aromatic rings. The highest BCUT2D eigenvalue weighted by molar-refractivity contribution is 5.76. The molecule has 0 aliphatic rings. The number of hydrogen-bond donors (Lipinski definition) is 3. The van der Waals surface area contributed by atoms with Gasteiger partial charge in [0.15, 0.2) is 0 Å². The van der Waals surface area contributed by atoms with E-state index in [0.717, 1.165) is 24.4 Å². The molecule has 6 nitrogen and oxygen atoms in total. The standard InChI is InChI=1S/C12H23N5O/c1-4-6-9-11(13)12(17(3)16-9)15-8-7-10(18)14-5-2/h15H,4-8,13H2,1-3H3,(H,14,18). The third-order valence-corrected chi connectivity index (χ3v) is 2.67. The van der Waals surface area contributed by atoms with E-state index in [1.165, 1.54) is 0 Å². The second-order valence-electron chi connectivity index (χ2n) is 4.21. The molecule has 0 unspecified atom stereocenters. The maximum Gasteiger partial charge on any atom is 0.221 e. The van der Waals surface area contributed by atoms with Crippen molar-refractivity contribution in [2.75, 3.05) is 24.1 Å². The normalized spacial score (nSPS) is 10.4. The molecule has 18 heavy (non-hydrogen) atoms. The van der Waals surface area contributed by atoms with Crippen LogP contribution >= 0.6 is 0 Å². The van der Waals surface area contributed by atoms with Gasteiger partial charge in [0.1, 0.15) is 5.82 Å². The lowest BCUT2D eigenvalue weighted by atomic mass is 10.2. The molecule has 0 fully saturated rings. The summed E-state index contributed by atoms with van der Waals surface area (Å²) < 4.78 is 1.73. The van der Waals surface area contributed by atoms with Crippen molar-refractivity contribution in [3.63, 3.8) is 0 Å². The molecule has 6 heteroatoms. The Balaban J connectivity index is 2.54. The lowest BCUT2D eigenvalue weighted by Crippen LogP contribution is -2.25. The number of carbonyl (C=O) groups is 1. The van der Waals surface area contributed by atoms with Gasteiger partial charge in [-0.2, -0.15) is 5.10 Å². The summed E-state index contributed by atoms with van der Waals surface area (Å²) in [6, 6.07) is 0. The first kappa shape index (κ1) is 14.3. The largest absolute Gasteiger partial charge is 0.394 e. The summed E-state index contributed by atoms with van der Waals surface area (Å²) in [6.45, 7) is 5.21. The van der Waals surface area contributed by atoms with E-state index < -0.39 is 0 Å². The van der Waals surface area contributed by atoms with Crippen molar-refractivity contribution in [1.82, 2.24) is 15.1 Å². The minimum absolute atomic E-state index is 0.0412. The van der Waals surface area contributed by atoms with Crippen molar-refractivity contribution in [2.45, 2.75) is 33.1 Å². The molecule has 0 aromatic carbocycles. The third-order valence-electron chi connectivity index (χ3n) is 2.67. The Morgan fingerprint density at radius 2 is 2.17 bits per heavy atom. The fraction of sp³-hybridized carbons (Fsp3) is 0.667. The molecule has 4 N–H and O–H groups in total. The topological polar surface area (TPSA) is 85.0 Å². The molecule has 0 spiro atoms. The number of anilines is 2. The third kappa shape index (κ3) is 3.65. The van der Waals surface area contributed by atoms with Crippen LogP contribution in [0.1, 0.15) is 32.4 Å². The summed E-state index contributed by atoms with van der Waals surface area (Å²) >= 11 is 0. The Morgan fingerprint density at radius 3 is 2.78 bits per heavy atom. The molecule has 0 radical (unpaired) electrons. The van der Waals surface area contributed by atoms with Crippen LogP contribution in [0.15, 0.2) is 0 Å². The molecular formula is C12H23N5O. The number of nitrogens with zero attached hydrogens (tertiary/aromatic N) is 2. The highest BCUT2D eigenvalue weighted by Gasteiger charge is 2.12. The first-order valence-corrected chi connectivity index (χ1v) is 6.42. The molecule has 0 aliphatic heterocycles. The van der Waals surface area contributed by atoms with Crippen LogP contribution in [0.2, 0.25) is 0 Å². The number of nitrogens with two attached hydrogens (primary N) is 1. The summed E-state index contributed by atoms with van der Waals surface area (Å²) in [6.07, 6.45) is 2.32. The molecule has 1 rings (SSSR count). The molecule has 1 amide bonds. The maximum atomic E-state index is 11.3. The minimum Gasteiger partial charge on any atom is -0.394 e. The predicted molar refractivity (Wildman–Crippen MR) is 73.4 cm³/mol. The number of hydrogen-bond acceptors (Lipinski definition) is 4. The second kappa shape index (κ2) is 6.88. The average Bonchev–Trinajstić information content (AvgIpc) is 2.57. The van der Waals surface area contributed by atoms with Crippen molar-refractivity contribution >= 4 is 17.4 Å². The van der Waals surface area contributed by atoms with Crippen LogP contribution in [0.5, 0.6) is 0 Å². The van der Waals surface area contributed by atoms with Gasteiger partial charge in [-0.15, -0.1) is 0 Å². The van der Waals surface area contributed by atoms with E-state index in [-0.39, 0.29) is 5.91 Å². The van der Waals surface area contributed by atoms with Crippen molar-refractivity contribution in [1.29, 1.82) is 0 Å². The monoisotopic (exact) mass is 253 g/mol. The Kier molecular flexibility index (Phi) is 5.48. The molecule has 102 valence electrons. The van der Waals surface area contributed by atoms with Gasteiger partial charge in [0, 0.05) is 26.6 Å². The molecular weight excluding hydrogens is 230 g/mol. The number of carbonyl (C=O) groups excluding carboxylic acids is 1. The van der Waals surface area contributed by atoms with Gasteiger partial charge in [-0.25, -0.2) is 0 Å². The predicted octanol–water partition coefficient (Wildman–Crippen LogP) is 0.893. The lowest BCUT2D eigenvalue weighted by Gasteiger charge is -2.07. The zero-order chi connectivity index (χ0) is 13.5. The van der Waals surface area contributed by atoms with Gasteiger partial charge in [0.2, 0.25) is 5.91 Å². The SMILES string of the molecule is CCCc1nn(C)c(NCCC(=O)NCC)c1N. The van der Waals surface area contributed by atoms with Crippen LogP contribution in [0.25, 0.3) is 0 Å². The van der Waals surface area contributed by atoms with E-state index >= 15 is 0 Å². The number of nitrogen functional groups attached to an aromatic ring is 1. The molecule has 0 bridgehead atoms. The van der Waals surface area contributed by atoms with E-state index in [9.17, 15) is 4.79 Å². The number of nitrogens with one attached hydrogen (secondary N) is 2. The Bertz CT molecular complexity index is 399. The first-order valence-electron chi connectivity index (χ1n) is 6.42.